The highest BCUT2D eigenvalue weighted by molar-refractivity contribution is 5.94. The van der Waals surface area contributed by atoms with Gasteiger partial charge in [-0.3, -0.25) is 14.5 Å². The summed E-state index contributed by atoms with van der Waals surface area (Å²) in [5.41, 5.74) is -1.67. The Labute approximate surface area is 148 Å². The van der Waals surface area contributed by atoms with Crippen LogP contribution in [0, 0.1) is 5.82 Å². The number of carboxylic acids is 1. The zero-order valence-electron chi connectivity index (χ0n) is 14.2. The molecule has 1 aromatic carbocycles. The standard InChI is InChI=1S/C17H20F4N2O3/c1-2-22(10-15(24)25)12-5-7-23(8-6-12)16(26)13-9-11(17(19,20)21)3-4-14(13)18/h3-4,9,12H,2,5-8,10H2,1H3,(H,24,25). The SMILES string of the molecule is CCN(CC(=O)O)C1CCN(C(=O)c2cc(C(F)(F)F)ccc2F)CC1. The highest BCUT2D eigenvalue weighted by Crippen LogP contribution is 2.31. The minimum Gasteiger partial charge on any atom is -0.480 e. The first-order chi connectivity index (χ1) is 12.1. The minimum atomic E-state index is -4.66. The molecule has 26 heavy (non-hydrogen) atoms. The van der Waals surface area contributed by atoms with Gasteiger partial charge in [-0.2, -0.15) is 13.2 Å². The van der Waals surface area contributed by atoms with Crippen molar-refractivity contribution in [1.82, 2.24) is 9.80 Å². The van der Waals surface area contributed by atoms with Crippen molar-refractivity contribution in [1.29, 1.82) is 0 Å². The average molecular weight is 376 g/mol. The second-order valence-corrected chi connectivity index (χ2v) is 6.17. The van der Waals surface area contributed by atoms with E-state index in [1.807, 2.05) is 6.92 Å². The molecule has 0 unspecified atom stereocenters. The lowest BCUT2D eigenvalue weighted by Gasteiger charge is -2.37. The van der Waals surface area contributed by atoms with Gasteiger partial charge in [0.2, 0.25) is 0 Å². The van der Waals surface area contributed by atoms with Crippen LogP contribution < -0.4 is 0 Å². The summed E-state index contributed by atoms with van der Waals surface area (Å²) >= 11 is 0. The first-order valence-electron chi connectivity index (χ1n) is 8.25. The summed E-state index contributed by atoms with van der Waals surface area (Å²) in [6, 6.07) is 1.75. The number of carbonyl (C=O) groups excluding carboxylic acids is 1. The number of likely N-dealkylation sites (N-methyl/N-ethyl adjacent to an activating group) is 1. The van der Waals surface area contributed by atoms with E-state index in [0.717, 1.165) is 0 Å². The van der Waals surface area contributed by atoms with Gasteiger partial charge in [-0.05, 0) is 37.6 Å². The molecule has 0 spiro atoms. The van der Waals surface area contributed by atoms with E-state index in [4.69, 9.17) is 5.11 Å². The van der Waals surface area contributed by atoms with Gasteiger partial charge in [0.15, 0.2) is 0 Å². The predicted octanol–water partition coefficient (Wildman–Crippen LogP) is 2.86. The highest BCUT2D eigenvalue weighted by Gasteiger charge is 2.33. The molecule has 0 radical (unpaired) electrons. The second-order valence-electron chi connectivity index (χ2n) is 6.17. The molecule has 144 valence electrons. The molecule has 1 aromatic rings. The molecule has 0 saturated carbocycles. The molecule has 1 N–H and O–H groups in total. The molecular weight excluding hydrogens is 356 g/mol. The number of carboxylic acid groups (broad SMARTS) is 1. The minimum absolute atomic E-state index is 0.0356. The van der Waals surface area contributed by atoms with Crippen molar-refractivity contribution in [2.75, 3.05) is 26.2 Å². The van der Waals surface area contributed by atoms with Crippen LogP contribution in [0.3, 0.4) is 0 Å². The smallest absolute Gasteiger partial charge is 0.416 e. The molecule has 1 aliphatic rings. The van der Waals surface area contributed by atoms with Crippen LogP contribution in [0.1, 0.15) is 35.7 Å². The van der Waals surface area contributed by atoms with Crippen LogP contribution in [0.25, 0.3) is 0 Å². The number of amides is 1. The molecule has 1 aliphatic heterocycles. The van der Waals surface area contributed by atoms with E-state index < -0.39 is 35.0 Å². The molecule has 5 nitrogen and oxygen atoms in total. The number of carbonyl (C=O) groups is 2. The molecule has 0 aliphatic carbocycles. The zero-order chi connectivity index (χ0) is 19.5. The molecule has 1 heterocycles. The molecule has 1 amide bonds. The van der Waals surface area contributed by atoms with E-state index >= 15 is 0 Å². The summed E-state index contributed by atoms with van der Waals surface area (Å²) in [5.74, 6) is -2.73. The van der Waals surface area contributed by atoms with Crippen LogP contribution in [0.2, 0.25) is 0 Å². The molecule has 0 atom stereocenters. The van der Waals surface area contributed by atoms with E-state index in [-0.39, 0.29) is 25.7 Å². The predicted molar refractivity (Wildman–Crippen MR) is 85.2 cm³/mol. The summed E-state index contributed by atoms with van der Waals surface area (Å²) in [7, 11) is 0. The third-order valence-corrected chi connectivity index (χ3v) is 4.54. The number of alkyl halides is 3. The Balaban J connectivity index is 2.08. The van der Waals surface area contributed by atoms with Crippen LogP contribution >= 0.6 is 0 Å². The van der Waals surface area contributed by atoms with E-state index in [0.29, 0.717) is 37.6 Å². The number of likely N-dealkylation sites (tertiary alicyclic amines) is 1. The lowest BCUT2D eigenvalue weighted by atomic mass is 10.0. The Kier molecular flexibility index (Phi) is 6.22. The number of benzene rings is 1. The van der Waals surface area contributed by atoms with Crippen LogP contribution in [0.4, 0.5) is 17.6 Å². The fourth-order valence-electron chi connectivity index (χ4n) is 3.14. The quantitative estimate of drug-likeness (QED) is 0.803. The monoisotopic (exact) mass is 376 g/mol. The fraction of sp³-hybridized carbons (Fsp3) is 0.529. The third kappa shape index (κ3) is 4.72. The lowest BCUT2D eigenvalue weighted by molar-refractivity contribution is -0.139. The Morgan fingerprint density at radius 3 is 2.38 bits per heavy atom. The molecule has 0 aromatic heterocycles. The number of nitrogens with zero attached hydrogens (tertiary/aromatic N) is 2. The Bertz CT molecular complexity index is 670. The van der Waals surface area contributed by atoms with Gasteiger partial charge in [0.25, 0.3) is 5.91 Å². The van der Waals surface area contributed by atoms with Crippen molar-refractivity contribution in [2.24, 2.45) is 0 Å². The van der Waals surface area contributed by atoms with E-state index in [2.05, 4.69) is 0 Å². The molecule has 1 fully saturated rings. The largest absolute Gasteiger partial charge is 0.480 e. The van der Waals surface area contributed by atoms with Gasteiger partial charge in [0.1, 0.15) is 5.82 Å². The number of piperidine rings is 1. The van der Waals surface area contributed by atoms with Gasteiger partial charge in [-0.15, -0.1) is 0 Å². The normalized spacial score (nSPS) is 16.2. The topological polar surface area (TPSA) is 60.9 Å². The van der Waals surface area contributed by atoms with E-state index in [1.54, 1.807) is 4.90 Å². The van der Waals surface area contributed by atoms with Crippen LogP contribution in [-0.2, 0) is 11.0 Å². The Morgan fingerprint density at radius 1 is 1.27 bits per heavy atom. The summed E-state index contributed by atoms with van der Waals surface area (Å²) in [4.78, 5) is 26.4. The molecule has 1 saturated heterocycles. The number of aliphatic carboxylic acids is 1. The summed E-state index contributed by atoms with van der Waals surface area (Å²) in [5, 5.41) is 8.92. The molecule has 9 heteroatoms. The maximum atomic E-state index is 13.9. The summed E-state index contributed by atoms with van der Waals surface area (Å²) in [6.45, 7) is 2.72. The van der Waals surface area contributed by atoms with Gasteiger partial charge < -0.3 is 10.0 Å². The average Bonchev–Trinajstić information content (AvgIpc) is 2.58. The number of halogens is 4. The third-order valence-electron chi connectivity index (χ3n) is 4.54. The van der Waals surface area contributed by atoms with Crippen LogP contribution in [-0.4, -0.2) is 59.0 Å². The maximum absolute atomic E-state index is 13.9. The molecular formula is C17H20F4N2O3. The van der Waals surface area contributed by atoms with Crippen molar-refractivity contribution >= 4 is 11.9 Å². The number of rotatable bonds is 5. The number of hydrogen-bond donors (Lipinski definition) is 1. The van der Waals surface area contributed by atoms with Crippen molar-refractivity contribution in [3.63, 3.8) is 0 Å². The molecule has 0 bridgehead atoms. The first kappa shape index (κ1) is 20.2. The van der Waals surface area contributed by atoms with E-state index in [1.165, 1.54) is 4.90 Å². The highest BCUT2D eigenvalue weighted by atomic mass is 19.4. The van der Waals surface area contributed by atoms with Crippen LogP contribution in [0.5, 0.6) is 0 Å². The maximum Gasteiger partial charge on any atom is 0.416 e. The van der Waals surface area contributed by atoms with Crippen molar-refractivity contribution in [3.8, 4) is 0 Å². The van der Waals surface area contributed by atoms with Gasteiger partial charge in [-0.25, -0.2) is 4.39 Å². The van der Waals surface area contributed by atoms with Gasteiger partial charge >= 0.3 is 12.1 Å². The van der Waals surface area contributed by atoms with Crippen molar-refractivity contribution < 1.29 is 32.3 Å². The Morgan fingerprint density at radius 2 is 1.88 bits per heavy atom. The van der Waals surface area contributed by atoms with Crippen molar-refractivity contribution in [2.45, 2.75) is 32.0 Å². The van der Waals surface area contributed by atoms with Gasteiger partial charge in [-0.1, -0.05) is 6.92 Å². The first-order valence-corrected chi connectivity index (χ1v) is 8.25. The molecule has 2 rings (SSSR count). The Hall–Kier alpha value is -2.16. The summed E-state index contributed by atoms with van der Waals surface area (Å²) in [6.07, 6.45) is -3.70. The van der Waals surface area contributed by atoms with Crippen LogP contribution in [0.15, 0.2) is 18.2 Å². The fourth-order valence-corrected chi connectivity index (χ4v) is 3.14. The van der Waals surface area contributed by atoms with Gasteiger partial charge in [0.05, 0.1) is 17.7 Å². The number of hydrogen-bond acceptors (Lipinski definition) is 3. The van der Waals surface area contributed by atoms with Crippen molar-refractivity contribution in [3.05, 3.63) is 35.1 Å². The summed E-state index contributed by atoms with van der Waals surface area (Å²) < 4.78 is 52.2. The lowest BCUT2D eigenvalue weighted by Crippen LogP contribution is -2.48. The van der Waals surface area contributed by atoms with Gasteiger partial charge in [0, 0.05) is 19.1 Å². The second kappa shape index (κ2) is 8.03. The zero-order valence-corrected chi connectivity index (χ0v) is 14.2. The van der Waals surface area contributed by atoms with E-state index in [9.17, 15) is 27.2 Å².